The van der Waals surface area contributed by atoms with Crippen LogP contribution in [0.15, 0.2) is 54.9 Å². The third kappa shape index (κ3) is 7.20. The molecule has 0 spiro atoms. The average molecular weight is 603 g/mol. The third-order valence-electron chi connectivity index (χ3n) is 6.77. The SMILES string of the molecule is C=C1C=CN([C@@H]2O[C@H](COP(=O)(N[C@@H](C)C(=O)OC(C)C)Oc3ccccc3)[C@@H](OC(=O)C3CC3)[C@@]2(C)C#N)C(=O)N1. The minimum absolute atomic E-state index is 0.192. The summed E-state index contributed by atoms with van der Waals surface area (Å²) in [5.41, 5.74) is -1.20. The van der Waals surface area contributed by atoms with Crippen molar-refractivity contribution >= 4 is 25.7 Å². The van der Waals surface area contributed by atoms with E-state index in [1.54, 1.807) is 44.2 Å². The van der Waals surface area contributed by atoms with Crippen molar-refractivity contribution in [2.75, 3.05) is 6.61 Å². The van der Waals surface area contributed by atoms with Gasteiger partial charge >= 0.3 is 25.7 Å². The maximum absolute atomic E-state index is 14.0. The zero-order valence-corrected chi connectivity index (χ0v) is 24.7. The molecule has 1 aromatic carbocycles. The van der Waals surface area contributed by atoms with Crippen molar-refractivity contribution in [2.24, 2.45) is 11.3 Å². The van der Waals surface area contributed by atoms with Gasteiger partial charge in [-0.15, -0.1) is 0 Å². The number of amides is 2. The van der Waals surface area contributed by atoms with Crippen molar-refractivity contribution in [3.8, 4) is 11.8 Å². The minimum Gasteiger partial charge on any atom is -0.462 e. The van der Waals surface area contributed by atoms with Crippen LogP contribution in [0.5, 0.6) is 5.75 Å². The van der Waals surface area contributed by atoms with Crippen LogP contribution in [0.4, 0.5) is 4.79 Å². The highest BCUT2D eigenvalue weighted by Gasteiger charge is 2.60. The van der Waals surface area contributed by atoms with Crippen LogP contribution in [0, 0.1) is 22.7 Å². The molecular weight excluding hydrogens is 567 g/mol. The van der Waals surface area contributed by atoms with Crippen LogP contribution in [0.1, 0.15) is 40.5 Å². The van der Waals surface area contributed by atoms with Gasteiger partial charge in [0.1, 0.15) is 23.3 Å². The Bertz CT molecular complexity index is 1330. The fourth-order valence-corrected chi connectivity index (χ4v) is 5.92. The van der Waals surface area contributed by atoms with E-state index >= 15 is 0 Å². The van der Waals surface area contributed by atoms with Gasteiger partial charge in [0.05, 0.1) is 24.7 Å². The Morgan fingerprint density at radius 2 is 1.98 bits per heavy atom. The molecule has 1 unspecified atom stereocenters. The van der Waals surface area contributed by atoms with E-state index in [1.807, 2.05) is 0 Å². The van der Waals surface area contributed by atoms with E-state index in [0.29, 0.717) is 18.5 Å². The summed E-state index contributed by atoms with van der Waals surface area (Å²) in [5.74, 6) is -1.29. The fraction of sp³-hybridized carbons (Fsp3) is 0.500. The van der Waals surface area contributed by atoms with Gasteiger partial charge in [0, 0.05) is 11.9 Å². The molecule has 2 aliphatic heterocycles. The number of rotatable bonds is 12. The second kappa shape index (κ2) is 12.7. The molecule has 1 saturated heterocycles. The van der Waals surface area contributed by atoms with E-state index < -0.39 is 68.3 Å². The second-order valence-corrected chi connectivity index (χ2v) is 12.5. The largest absolute Gasteiger partial charge is 0.462 e. The molecule has 13 nitrogen and oxygen atoms in total. The molecule has 226 valence electrons. The Balaban J connectivity index is 1.61. The summed E-state index contributed by atoms with van der Waals surface area (Å²) in [4.78, 5) is 39.2. The van der Waals surface area contributed by atoms with Crippen molar-refractivity contribution < 1.29 is 42.2 Å². The van der Waals surface area contributed by atoms with Crippen molar-refractivity contribution in [1.82, 2.24) is 15.3 Å². The maximum Gasteiger partial charge on any atom is 0.459 e. The number of nitrogens with zero attached hydrogens (tertiary/aromatic N) is 2. The molecule has 2 N–H and O–H groups in total. The number of carbonyl (C=O) groups excluding carboxylic acids is 3. The van der Waals surface area contributed by atoms with Crippen LogP contribution in [0.25, 0.3) is 0 Å². The van der Waals surface area contributed by atoms with Crippen LogP contribution < -0.4 is 14.9 Å². The zero-order chi connectivity index (χ0) is 30.7. The van der Waals surface area contributed by atoms with E-state index in [1.165, 1.54) is 26.1 Å². The van der Waals surface area contributed by atoms with Gasteiger partial charge in [0.2, 0.25) is 0 Å². The van der Waals surface area contributed by atoms with Gasteiger partial charge in [-0.2, -0.15) is 10.3 Å². The van der Waals surface area contributed by atoms with Crippen LogP contribution in [-0.2, 0) is 32.9 Å². The van der Waals surface area contributed by atoms with Gasteiger partial charge in [0.15, 0.2) is 12.3 Å². The molecule has 2 fully saturated rings. The molecule has 1 aromatic rings. The number of nitriles is 1. The molecule has 3 aliphatic rings. The lowest BCUT2D eigenvalue weighted by Crippen LogP contribution is -2.52. The van der Waals surface area contributed by atoms with Crippen molar-refractivity contribution in [1.29, 1.82) is 5.26 Å². The van der Waals surface area contributed by atoms with E-state index in [0.717, 1.165) is 4.90 Å². The predicted molar refractivity (Wildman–Crippen MR) is 148 cm³/mol. The highest BCUT2D eigenvalue weighted by atomic mass is 31.2. The Kier molecular flexibility index (Phi) is 9.43. The predicted octanol–water partition coefficient (Wildman–Crippen LogP) is 3.75. The maximum atomic E-state index is 14.0. The van der Waals surface area contributed by atoms with Gasteiger partial charge in [-0.1, -0.05) is 24.8 Å². The molecule has 2 amide bonds. The van der Waals surface area contributed by atoms with Gasteiger partial charge < -0.3 is 24.1 Å². The number of para-hydroxylation sites is 1. The summed E-state index contributed by atoms with van der Waals surface area (Å²) in [5, 5.41) is 15.4. The van der Waals surface area contributed by atoms with Crippen molar-refractivity contribution in [3.05, 3.63) is 54.9 Å². The van der Waals surface area contributed by atoms with E-state index in [4.69, 9.17) is 23.3 Å². The Labute approximate surface area is 244 Å². The van der Waals surface area contributed by atoms with Crippen LogP contribution in [0.3, 0.4) is 0 Å². The summed E-state index contributed by atoms with van der Waals surface area (Å²) >= 11 is 0. The lowest BCUT2D eigenvalue weighted by molar-refractivity contribution is -0.157. The fourth-order valence-electron chi connectivity index (χ4n) is 4.42. The first kappa shape index (κ1) is 31.3. The molecule has 4 rings (SSSR count). The number of urea groups is 1. The minimum atomic E-state index is -4.31. The molecule has 6 atom stereocenters. The number of esters is 2. The van der Waals surface area contributed by atoms with Crippen LogP contribution >= 0.6 is 7.75 Å². The Morgan fingerprint density at radius 3 is 2.57 bits per heavy atom. The summed E-state index contributed by atoms with van der Waals surface area (Å²) in [6.45, 7) is 9.51. The molecule has 1 aliphatic carbocycles. The first-order chi connectivity index (χ1) is 19.8. The Hall–Kier alpha value is -3.69. The summed E-state index contributed by atoms with van der Waals surface area (Å²) < 4.78 is 42.6. The van der Waals surface area contributed by atoms with Gasteiger partial charge in [0.25, 0.3) is 0 Å². The number of benzene rings is 1. The van der Waals surface area contributed by atoms with E-state index in [-0.39, 0.29) is 11.7 Å². The number of allylic oxidation sites excluding steroid dienone is 1. The number of hydrogen-bond acceptors (Lipinski definition) is 10. The summed E-state index contributed by atoms with van der Waals surface area (Å²) in [7, 11) is -4.31. The molecule has 1 saturated carbocycles. The smallest absolute Gasteiger partial charge is 0.459 e. The van der Waals surface area contributed by atoms with E-state index in [9.17, 15) is 24.2 Å². The standard InChI is InChI=1S/C28H35N4O9P/c1-17(2)38-24(33)19(4)31-42(36,41-21-9-7-6-8-10-21)37-15-22-23(40-25(34)20-11-12-20)28(5,16-29)26(39-22)32-14-13-18(3)30-27(32)35/h6-10,13-14,17,19-20,22-23,26H,3,11-12,15H2,1-2,4-5H3,(H,30,35)(H,31,36)/t19-,22+,23+,26+,28+,42?/m0/s1. The first-order valence-electron chi connectivity index (χ1n) is 13.6. The normalized spacial score (nSPS) is 27.5. The van der Waals surface area contributed by atoms with Gasteiger partial charge in [-0.05, 0) is 58.7 Å². The first-order valence-corrected chi connectivity index (χ1v) is 15.1. The highest BCUT2D eigenvalue weighted by Crippen LogP contribution is 2.48. The van der Waals surface area contributed by atoms with E-state index in [2.05, 4.69) is 23.1 Å². The summed E-state index contributed by atoms with van der Waals surface area (Å²) in [6.07, 6.45) is 0.284. The third-order valence-corrected chi connectivity index (χ3v) is 8.41. The molecule has 2 heterocycles. The Morgan fingerprint density at radius 1 is 1.29 bits per heavy atom. The topological polar surface area (TPSA) is 166 Å². The van der Waals surface area contributed by atoms with Crippen LogP contribution in [-0.4, -0.2) is 60.1 Å². The number of nitrogens with one attached hydrogen (secondary N) is 2. The van der Waals surface area contributed by atoms with Crippen LogP contribution in [0.2, 0.25) is 0 Å². The van der Waals surface area contributed by atoms with Crippen molar-refractivity contribution in [3.63, 3.8) is 0 Å². The summed E-state index contributed by atoms with van der Waals surface area (Å²) in [6, 6.07) is 8.64. The second-order valence-electron chi connectivity index (χ2n) is 10.8. The molecule has 0 bridgehead atoms. The number of ether oxygens (including phenoxy) is 3. The van der Waals surface area contributed by atoms with Crippen molar-refractivity contribution in [2.45, 2.75) is 71.1 Å². The lowest BCUT2D eigenvalue weighted by Gasteiger charge is -2.35. The van der Waals surface area contributed by atoms with Gasteiger partial charge in [-0.25, -0.2) is 9.36 Å². The monoisotopic (exact) mass is 602 g/mol. The lowest BCUT2D eigenvalue weighted by atomic mass is 9.83. The molecule has 0 radical (unpaired) electrons. The number of hydrogen-bond donors (Lipinski definition) is 2. The quantitative estimate of drug-likeness (QED) is 0.264. The molecule has 42 heavy (non-hydrogen) atoms. The number of carbonyl (C=O) groups is 3. The zero-order valence-electron chi connectivity index (χ0n) is 23.8. The molecular formula is C28H35N4O9P. The molecule has 0 aromatic heterocycles. The average Bonchev–Trinajstić information content (AvgIpc) is 3.74. The molecule has 14 heteroatoms. The van der Waals surface area contributed by atoms with Gasteiger partial charge in [-0.3, -0.25) is 19.0 Å². The highest BCUT2D eigenvalue weighted by molar-refractivity contribution is 7.52.